The molecule has 0 amide bonds. The molecule has 1 atom stereocenters. The minimum Gasteiger partial charge on any atom is -0.309 e. The molecule has 276 valence electrons. The SMILES string of the molecule is c1ccc2c(c1)-c1ccc(-c3ccc4c(c3)c3ccccc3n4-c3ccc4ccccc4c3)cc1C21c2ccccc2-c2cc3c4ccccc4c4ccccc4c3cc21. The van der Waals surface area contributed by atoms with Gasteiger partial charge in [0.15, 0.2) is 0 Å². The number of aromatic nitrogens is 1. The highest BCUT2D eigenvalue weighted by molar-refractivity contribution is 6.26. The summed E-state index contributed by atoms with van der Waals surface area (Å²) in [7, 11) is 0. The van der Waals surface area contributed by atoms with Crippen LogP contribution in [0.4, 0.5) is 0 Å². The maximum atomic E-state index is 2.56. The molecule has 2 aliphatic rings. The van der Waals surface area contributed by atoms with Crippen molar-refractivity contribution in [1.82, 2.24) is 4.57 Å². The number of benzene rings is 11. The summed E-state index contributed by atoms with van der Waals surface area (Å²) in [6.07, 6.45) is 0. The van der Waals surface area contributed by atoms with Crippen molar-refractivity contribution in [3.05, 3.63) is 235 Å². The molecule has 11 aromatic carbocycles. The van der Waals surface area contributed by atoms with E-state index in [0.29, 0.717) is 0 Å². The van der Waals surface area contributed by atoms with Crippen molar-refractivity contribution in [2.24, 2.45) is 0 Å². The Labute approximate surface area is 347 Å². The smallest absolute Gasteiger partial charge is 0.0725 e. The molecule has 0 bridgehead atoms. The lowest BCUT2D eigenvalue weighted by Crippen LogP contribution is -2.25. The Hall–Kier alpha value is -7.74. The first-order valence-corrected chi connectivity index (χ1v) is 21.0. The summed E-state index contributed by atoms with van der Waals surface area (Å²) in [6, 6.07) is 80.0. The van der Waals surface area contributed by atoms with Crippen LogP contribution in [0, 0.1) is 0 Å². The highest BCUT2D eigenvalue weighted by Gasteiger charge is 2.52. The molecule has 0 aliphatic heterocycles. The fraction of sp³-hybridized carbons (Fsp3) is 0.0169. The quantitative estimate of drug-likeness (QED) is 0.155. The fourth-order valence-corrected chi connectivity index (χ4v) is 11.5. The lowest BCUT2D eigenvalue weighted by Gasteiger charge is -2.31. The zero-order valence-corrected chi connectivity index (χ0v) is 32.7. The van der Waals surface area contributed by atoms with Crippen LogP contribution in [0.5, 0.6) is 0 Å². The molecule has 1 heteroatoms. The molecule has 0 N–H and O–H groups in total. The highest BCUT2D eigenvalue weighted by Crippen LogP contribution is 2.64. The van der Waals surface area contributed by atoms with Gasteiger partial charge in [-0.3, -0.25) is 0 Å². The summed E-state index contributed by atoms with van der Waals surface area (Å²) in [5, 5.41) is 12.9. The molecule has 0 fully saturated rings. The first-order valence-electron chi connectivity index (χ1n) is 21.0. The number of hydrogen-bond acceptors (Lipinski definition) is 0. The van der Waals surface area contributed by atoms with Gasteiger partial charge in [0.1, 0.15) is 0 Å². The number of fused-ring (bicyclic) bond motifs is 20. The Bertz CT molecular complexity index is 3840. The third-order valence-corrected chi connectivity index (χ3v) is 13.9. The second kappa shape index (κ2) is 11.7. The van der Waals surface area contributed by atoms with Crippen LogP contribution in [-0.4, -0.2) is 4.57 Å². The van der Waals surface area contributed by atoms with Gasteiger partial charge < -0.3 is 4.57 Å². The zero-order chi connectivity index (χ0) is 39.1. The van der Waals surface area contributed by atoms with Gasteiger partial charge in [-0.2, -0.15) is 0 Å². The first kappa shape index (κ1) is 32.2. The average Bonchev–Trinajstić information content (AvgIpc) is 3.92. The van der Waals surface area contributed by atoms with Crippen LogP contribution in [0.2, 0.25) is 0 Å². The van der Waals surface area contributed by atoms with Crippen LogP contribution >= 0.6 is 0 Å². The van der Waals surface area contributed by atoms with Gasteiger partial charge in [0, 0.05) is 16.5 Å². The van der Waals surface area contributed by atoms with E-state index in [1.807, 2.05) is 0 Å². The van der Waals surface area contributed by atoms with Gasteiger partial charge in [-0.1, -0.05) is 164 Å². The largest absolute Gasteiger partial charge is 0.309 e. The number of nitrogens with zero attached hydrogens (tertiary/aromatic N) is 1. The molecule has 1 nitrogen and oxygen atoms in total. The monoisotopic (exact) mass is 757 g/mol. The number of para-hydroxylation sites is 1. The Morgan fingerprint density at radius 2 is 0.783 bits per heavy atom. The van der Waals surface area contributed by atoms with E-state index in [9.17, 15) is 0 Å². The molecule has 2 aliphatic carbocycles. The first-order chi connectivity index (χ1) is 29.8. The molecule has 1 unspecified atom stereocenters. The van der Waals surface area contributed by atoms with Gasteiger partial charge in [0.25, 0.3) is 0 Å². The Kier molecular flexibility index (Phi) is 6.28. The molecule has 12 aromatic rings. The predicted octanol–water partition coefficient (Wildman–Crippen LogP) is 15.4. The van der Waals surface area contributed by atoms with E-state index in [1.165, 1.54) is 126 Å². The van der Waals surface area contributed by atoms with Crippen molar-refractivity contribution in [3.63, 3.8) is 0 Å². The standard InChI is InChI=1S/C59H35N/c1-2-14-37-31-40(28-25-36(37)13-1)60-57-24-12-9-21-48(57)52-32-38(27-30-58(52)60)39-26-29-47-45-19-7-10-22-53(45)59(55(47)33-39)54-23-11-8-20-46(54)51-34-49-43-17-5-3-15-41(43)42-16-4-6-18-44(42)50(49)35-56(51)59/h1-35H. The van der Waals surface area contributed by atoms with Crippen molar-refractivity contribution in [2.75, 3.05) is 0 Å². The molecule has 0 saturated heterocycles. The van der Waals surface area contributed by atoms with Crippen LogP contribution in [-0.2, 0) is 5.41 Å². The molecule has 14 rings (SSSR count). The normalized spacial score (nSPS) is 15.1. The molecular weight excluding hydrogens is 723 g/mol. The van der Waals surface area contributed by atoms with E-state index in [1.54, 1.807) is 0 Å². The fourth-order valence-electron chi connectivity index (χ4n) is 11.5. The number of rotatable bonds is 2. The predicted molar refractivity (Wildman–Crippen MR) is 253 cm³/mol. The minimum absolute atomic E-state index is 0.467. The lowest BCUT2D eigenvalue weighted by molar-refractivity contribution is 0.795. The lowest BCUT2D eigenvalue weighted by atomic mass is 9.70. The molecule has 0 saturated carbocycles. The third kappa shape index (κ3) is 4.06. The number of hydrogen-bond donors (Lipinski definition) is 0. The second-order valence-electron chi connectivity index (χ2n) is 16.8. The van der Waals surface area contributed by atoms with Gasteiger partial charge >= 0.3 is 0 Å². The van der Waals surface area contributed by atoms with Crippen LogP contribution in [0.3, 0.4) is 0 Å². The van der Waals surface area contributed by atoms with Gasteiger partial charge in [-0.05, 0) is 147 Å². The molecule has 1 heterocycles. The zero-order valence-electron chi connectivity index (χ0n) is 32.7. The Morgan fingerprint density at radius 3 is 1.53 bits per heavy atom. The van der Waals surface area contributed by atoms with E-state index in [0.717, 1.165) is 0 Å². The molecule has 1 aromatic heterocycles. The van der Waals surface area contributed by atoms with Crippen molar-refractivity contribution in [3.8, 4) is 39.1 Å². The van der Waals surface area contributed by atoms with E-state index in [2.05, 4.69) is 217 Å². The summed E-state index contributed by atoms with van der Waals surface area (Å²) in [5.74, 6) is 0. The molecule has 1 spiro atoms. The maximum Gasteiger partial charge on any atom is 0.0725 e. The van der Waals surface area contributed by atoms with Crippen molar-refractivity contribution >= 4 is 64.9 Å². The molecule has 60 heavy (non-hydrogen) atoms. The Morgan fingerprint density at radius 1 is 0.267 bits per heavy atom. The highest BCUT2D eigenvalue weighted by atomic mass is 15.0. The summed E-state index contributed by atoms with van der Waals surface area (Å²) < 4.78 is 2.43. The van der Waals surface area contributed by atoms with Crippen molar-refractivity contribution in [2.45, 2.75) is 5.41 Å². The summed E-state index contributed by atoms with van der Waals surface area (Å²) in [5.41, 5.74) is 16.3. The average molecular weight is 758 g/mol. The van der Waals surface area contributed by atoms with Gasteiger partial charge in [0.2, 0.25) is 0 Å². The topological polar surface area (TPSA) is 4.93 Å². The van der Waals surface area contributed by atoms with Crippen LogP contribution in [0.1, 0.15) is 22.3 Å². The summed E-state index contributed by atoms with van der Waals surface area (Å²) in [4.78, 5) is 0. The van der Waals surface area contributed by atoms with Crippen molar-refractivity contribution in [1.29, 1.82) is 0 Å². The molecular formula is C59H35N. The van der Waals surface area contributed by atoms with E-state index in [-0.39, 0.29) is 0 Å². The van der Waals surface area contributed by atoms with Gasteiger partial charge in [-0.15, -0.1) is 0 Å². The van der Waals surface area contributed by atoms with Gasteiger partial charge in [-0.25, -0.2) is 0 Å². The second-order valence-corrected chi connectivity index (χ2v) is 16.8. The van der Waals surface area contributed by atoms with E-state index in [4.69, 9.17) is 0 Å². The van der Waals surface area contributed by atoms with Gasteiger partial charge in [0.05, 0.1) is 16.4 Å². The molecule has 0 radical (unpaired) electrons. The van der Waals surface area contributed by atoms with Crippen LogP contribution < -0.4 is 0 Å². The summed E-state index contributed by atoms with van der Waals surface area (Å²) >= 11 is 0. The van der Waals surface area contributed by atoms with E-state index < -0.39 is 5.41 Å². The maximum absolute atomic E-state index is 2.56. The van der Waals surface area contributed by atoms with Crippen molar-refractivity contribution < 1.29 is 0 Å². The van der Waals surface area contributed by atoms with Crippen LogP contribution in [0.15, 0.2) is 212 Å². The third-order valence-electron chi connectivity index (χ3n) is 13.9. The Balaban J connectivity index is 1.03. The summed E-state index contributed by atoms with van der Waals surface area (Å²) in [6.45, 7) is 0. The minimum atomic E-state index is -0.467. The van der Waals surface area contributed by atoms with Crippen LogP contribution in [0.25, 0.3) is 104 Å². The van der Waals surface area contributed by atoms with E-state index >= 15 is 0 Å².